The number of aromatic nitrogens is 3. The largest absolute Gasteiger partial charge is 0.573 e. The normalized spacial score (nSPS) is 12.6. The first-order valence-electron chi connectivity index (χ1n) is 8.91. The molecular weight excluding hydrogens is 423 g/mol. The predicted molar refractivity (Wildman–Crippen MR) is 105 cm³/mol. The second kappa shape index (κ2) is 8.70. The standard InChI is InChI=1S/C19H17ClF3N5O2/c1-2-3-13(10-4-5-14(12(20)8-10)30-19(21,22)23)28-18-16-15(26-9-27-18)11(17(24)29)6-7-25-16/h4-9,13H,2-3H2,1H3,(H2,24,29)(H,26,27,28)/t13-/m1/s1. The summed E-state index contributed by atoms with van der Waals surface area (Å²) in [6.07, 6.45) is -0.757. The van der Waals surface area contributed by atoms with E-state index in [4.69, 9.17) is 17.3 Å². The van der Waals surface area contributed by atoms with Gasteiger partial charge >= 0.3 is 6.36 Å². The second-order valence-electron chi connectivity index (χ2n) is 6.37. The molecule has 2 heterocycles. The SMILES string of the molecule is CCC[C@@H](Nc1ncnc2c(C(N)=O)ccnc12)c1ccc(OC(F)(F)F)c(Cl)c1. The van der Waals surface area contributed by atoms with Crippen LogP contribution in [-0.4, -0.2) is 27.2 Å². The third-order valence-corrected chi connectivity index (χ3v) is 4.56. The minimum Gasteiger partial charge on any atom is -0.404 e. The molecule has 0 unspecified atom stereocenters. The molecule has 2 aromatic heterocycles. The van der Waals surface area contributed by atoms with Crippen molar-refractivity contribution in [3.8, 4) is 5.75 Å². The molecule has 0 saturated carbocycles. The van der Waals surface area contributed by atoms with Crippen molar-refractivity contribution >= 4 is 34.4 Å². The van der Waals surface area contributed by atoms with Gasteiger partial charge in [-0.15, -0.1) is 13.2 Å². The highest BCUT2D eigenvalue weighted by Crippen LogP contribution is 2.34. The van der Waals surface area contributed by atoms with Crippen molar-refractivity contribution in [2.75, 3.05) is 5.32 Å². The molecule has 1 amide bonds. The zero-order valence-corrected chi connectivity index (χ0v) is 16.5. The van der Waals surface area contributed by atoms with Crippen LogP contribution in [0.5, 0.6) is 5.75 Å². The first-order chi connectivity index (χ1) is 14.2. The monoisotopic (exact) mass is 439 g/mol. The first kappa shape index (κ1) is 21.6. The van der Waals surface area contributed by atoms with Crippen LogP contribution in [0.25, 0.3) is 11.0 Å². The van der Waals surface area contributed by atoms with Crippen molar-refractivity contribution in [1.29, 1.82) is 0 Å². The summed E-state index contributed by atoms with van der Waals surface area (Å²) in [7, 11) is 0. The molecule has 0 bridgehead atoms. The maximum absolute atomic E-state index is 12.5. The van der Waals surface area contributed by atoms with E-state index in [0.717, 1.165) is 12.5 Å². The summed E-state index contributed by atoms with van der Waals surface area (Å²) < 4.78 is 41.3. The van der Waals surface area contributed by atoms with E-state index in [9.17, 15) is 18.0 Å². The number of pyridine rings is 1. The number of nitrogens with zero attached hydrogens (tertiary/aromatic N) is 3. The van der Waals surface area contributed by atoms with E-state index in [2.05, 4.69) is 25.0 Å². The van der Waals surface area contributed by atoms with Crippen LogP contribution in [0, 0.1) is 0 Å². The first-order valence-corrected chi connectivity index (χ1v) is 9.28. The summed E-state index contributed by atoms with van der Waals surface area (Å²) in [6, 6.07) is 5.18. The van der Waals surface area contributed by atoms with Crippen molar-refractivity contribution in [3.63, 3.8) is 0 Å². The lowest BCUT2D eigenvalue weighted by Crippen LogP contribution is -2.18. The van der Waals surface area contributed by atoms with E-state index in [1.807, 2.05) is 6.92 Å². The quantitative estimate of drug-likeness (QED) is 0.556. The van der Waals surface area contributed by atoms with E-state index < -0.39 is 18.0 Å². The lowest BCUT2D eigenvalue weighted by Gasteiger charge is -2.21. The number of hydrogen-bond acceptors (Lipinski definition) is 6. The lowest BCUT2D eigenvalue weighted by molar-refractivity contribution is -0.274. The van der Waals surface area contributed by atoms with Crippen molar-refractivity contribution in [2.24, 2.45) is 5.73 Å². The van der Waals surface area contributed by atoms with Gasteiger partial charge in [0.15, 0.2) is 5.82 Å². The molecule has 3 N–H and O–H groups in total. The minimum atomic E-state index is -4.84. The Morgan fingerprint density at radius 1 is 1.23 bits per heavy atom. The fraction of sp³-hybridized carbons (Fsp3) is 0.263. The molecule has 7 nitrogen and oxygen atoms in total. The van der Waals surface area contributed by atoms with Crippen LogP contribution in [0.3, 0.4) is 0 Å². The number of hydrogen-bond donors (Lipinski definition) is 2. The van der Waals surface area contributed by atoms with Gasteiger partial charge in [-0.1, -0.05) is 31.0 Å². The van der Waals surface area contributed by atoms with Crippen molar-refractivity contribution in [3.05, 3.63) is 52.9 Å². The summed E-state index contributed by atoms with van der Waals surface area (Å²) >= 11 is 5.99. The molecule has 0 fully saturated rings. The molecule has 3 aromatic rings. The van der Waals surface area contributed by atoms with Gasteiger partial charge in [-0.05, 0) is 30.2 Å². The maximum Gasteiger partial charge on any atom is 0.573 e. The van der Waals surface area contributed by atoms with Crippen molar-refractivity contribution < 1.29 is 22.7 Å². The minimum absolute atomic E-state index is 0.172. The molecule has 0 aliphatic carbocycles. The van der Waals surface area contributed by atoms with E-state index in [-0.39, 0.29) is 16.6 Å². The predicted octanol–water partition coefficient (Wildman–Crippen LogP) is 4.63. The van der Waals surface area contributed by atoms with E-state index in [1.54, 1.807) is 0 Å². The Hall–Kier alpha value is -3.14. The Morgan fingerprint density at radius 3 is 2.63 bits per heavy atom. The van der Waals surface area contributed by atoms with Gasteiger partial charge in [0.05, 0.1) is 16.6 Å². The average molecular weight is 440 g/mol. The van der Waals surface area contributed by atoms with Gasteiger partial charge in [0.2, 0.25) is 0 Å². The van der Waals surface area contributed by atoms with E-state index in [1.165, 1.54) is 30.7 Å². The molecule has 158 valence electrons. The smallest absolute Gasteiger partial charge is 0.404 e. The van der Waals surface area contributed by atoms with Crippen LogP contribution in [0.2, 0.25) is 5.02 Å². The Labute approximate surface area is 174 Å². The highest BCUT2D eigenvalue weighted by molar-refractivity contribution is 6.32. The summed E-state index contributed by atoms with van der Waals surface area (Å²) in [5.41, 5.74) is 6.87. The van der Waals surface area contributed by atoms with Gasteiger partial charge in [-0.25, -0.2) is 9.97 Å². The molecule has 1 atom stereocenters. The molecule has 3 rings (SSSR count). The number of benzene rings is 1. The summed E-state index contributed by atoms with van der Waals surface area (Å²) in [4.78, 5) is 24.2. The molecule has 30 heavy (non-hydrogen) atoms. The Bertz CT molecular complexity index is 1080. The van der Waals surface area contributed by atoms with Crippen LogP contribution in [-0.2, 0) is 0 Å². The number of ether oxygens (including phenoxy) is 1. The molecular formula is C19H17ClF3N5O2. The summed E-state index contributed by atoms with van der Waals surface area (Å²) in [5.74, 6) is -0.777. The lowest BCUT2D eigenvalue weighted by atomic mass is 10.0. The molecule has 11 heteroatoms. The van der Waals surface area contributed by atoms with E-state index in [0.29, 0.717) is 28.8 Å². The number of carbonyl (C=O) groups is 1. The van der Waals surface area contributed by atoms with Gasteiger partial charge in [0, 0.05) is 6.20 Å². The molecule has 0 aliphatic rings. The molecule has 0 spiro atoms. The number of amides is 1. The van der Waals surface area contributed by atoms with Gasteiger partial charge in [0.25, 0.3) is 5.91 Å². The zero-order valence-electron chi connectivity index (χ0n) is 15.7. The fourth-order valence-electron chi connectivity index (χ4n) is 2.99. The van der Waals surface area contributed by atoms with Crippen LogP contribution in [0.15, 0.2) is 36.8 Å². The Kier molecular flexibility index (Phi) is 6.25. The number of nitrogens with one attached hydrogen (secondary N) is 1. The number of fused-ring (bicyclic) bond motifs is 1. The van der Waals surface area contributed by atoms with Crippen LogP contribution in [0.1, 0.15) is 41.7 Å². The van der Waals surface area contributed by atoms with Gasteiger partial charge < -0.3 is 15.8 Å². The van der Waals surface area contributed by atoms with Crippen LogP contribution >= 0.6 is 11.6 Å². The van der Waals surface area contributed by atoms with Gasteiger partial charge in [-0.2, -0.15) is 0 Å². The van der Waals surface area contributed by atoms with Crippen LogP contribution in [0.4, 0.5) is 19.0 Å². The van der Waals surface area contributed by atoms with E-state index >= 15 is 0 Å². The Balaban J connectivity index is 1.96. The number of alkyl halides is 3. The fourth-order valence-corrected chi connectivity index (χ4v) is 3.21. The molecule has 1 aromatic carbocycles. The number of halogens is 4. The van der Waals surface area contributed by atoms with Gasteiger partial charge in [-0.3, -0.25) is 9.78 Å². The third kappa shape index (κ3) is 4.88. The molecule has 0 aliphatic heterocycles. The van der Waals surface area contributed by atoms with Crippen molar-refractivity contribution in [1.82, 2.24) is 15.0 Å². The highest BCUT2D eigenvalue weighted by Gasteiger charge is 2.32. The number of anilines is 1. The Morgan fingerprint density at radius 2 is 2.00 bits per heavy atom. The maximum atomic E-state index is 12.5. The number of nitrogens with two attached hydrogens (primary N) is 1. The van der Waals surface area contributed by atoms with Gasteiger partial charge in [0.1, 0.15) is 23.1 Å². The summed E-state index contributed by atoms with van der Waals surface area (Å²) in [5, 5.41) is 3.04. The molecule has 0 saturated heterocycles. The second-order valence-corrected chi connectivity index (χ2v) is 6.77. The number of primary amides is 1. The van der Waals surface area contributed by atoms with Crippen molar-refractivity contribution in [2.45, 2.75) is 32.2 Å². The number of carbonyl (C=O) groups excluding carboxylic acids is 1. The molecule has 0 radical (unpaired) electrons. The number of rotatable bonds is 7. The van der Waals surface area contributed by atoms with Crippen LogP contribution < -0.4 is 15.8 Å². The summed E-state index contributed by atoms with van der Waals surface area (Å²) in [6.45, 7) is 1.96. The highest BCUT2D eigenvalue weighted by atomic mass is 35.5. The topological polar surface area (TPSA) is 103 Å². The average Bonchev–Trinajstić information content (AvgIpc) is 2.68. The zero-order chi connectivity index (χ0) is 21.9. The third-order valence-electron chi connectivity index (χ3n) is 4.26.